The van der Waals surface area contributed by atoms with E-state index in [1.807, 2.05) is 19.6 Å². The lowest BCUT2D eigenvalue weighted by Crippen LogP contribution is -2.57. The van der Waals surface area contributed by atoms with Crippen LogP contribution in [0.4, 0.5) is 0 Å². The van der Waals surface area contributed by atoms with Gasteiger partial charge in [-0.05, 0) is 19.6 Å². The molecular weight excluding hydrogens is 272 g/mol. The van der Waals surface area contributed by atoms with E-state index < -0.39 is 13.9 Å². The molecule has 5 heteroatoms. The van der Waals surface area contributed by atoms with E-state index in [0.717, 1.165) is 0 Å². The summed E-state index contributed by atoms with van der Waals surface area (Å²) in [7, 11) is 0.899. The van der Waals surface area contributed by atoms with Gasteiger partial charge < -0.3 is 13.9 Å². The molecule has 20 heavy (non-hydrogen) atoms. The molecule has 0 aromatic heterocycles. The molecule has 0 aromatic rings. The smallest absolute Gasteiger partial charge is 0.252 e. The summed E-state index contributed by atoms with van der Waals surface area (Å²) in [6.45, 7) is 5.97. The van der Waals surface area contributed by atoms with E-state index in [-0.39, 0.29) is 11.5 Å². The number of methoxy groups -OCH3 is 2. The van der Waals surface area contributed by atoms with Gasteiger partial charge in [0.15, 0.2) is 14.1 Å². The molecule has 4 nitrogen and oxygen atoms in total. The van der Waals surface area contributed by atoms with Crippen LogP contribution < -0.4 is 0 Å². The summed E-state index contributed by atoms with van der Waals surface area (Å²) in [5.74, 6) is 8.55. The Labute approximate surface area is 121 Å². The average Bonchev–Trinajstić information content (AvgIpc) is 2.37. The third-order valence-corrected chi connectivity index (χ3v) is 3.50. The number of Topliss-reactive ketones (excluding diaryl/α,β-unsaturated/α-hetero) is 1. The number of terminal acetylenes is 1. The molecule has 0 N–H and O–H groups in total. The Kier molecular flexibility index (Phi) is 5.05. The Hall–Kier alpha value is -1.69. The fraction of sp³-hybridized carbons (Fsp3) is 0.533. The van der Waals surface area contributed by atoms with Gasteiger partial charge in [0.1, 0.15) is 0 Å². The van der Waals surface area contributed by atoms with Gasteiger partial charge in [-0.15, -0.1) is 12.3 Å². The quantitative estimate of drug-likeness (QED) is 0.442. The SMILES string of the molecule is C#CCCC#CC1(O[Si](C)(C)C)C(=O)C(OC)=C1OC. The Morgan fingerprint density at radius 2 is 1.85 bits per heavy atom. The molecule has 0 saturated heterocycles. The average molecular weight is 292 g/mol. The first-order valence-corrected chi connectivity index (χ1v) is 9.74. The molecule has 0 aromatic carbocycles. The highest BCUT2D eigenvalue weighted by atomic mass is 28.4. The maximum Gasteiger partial charge on any atom is 0.252 e. The third-order valence-electron chi connectivity index (χ3n) is 2.58. The lowest BCUT2D eigenvalue weighted by molar-refractivity contribution is -0.137. The predicted molar refractivity (Wildman–Crippen MR) is 79.1 cm³/mol. The minimum atomic E-state index is -2.01. The van der Waals surface area contributed by atoms with Crippen LogP contribution in [0.1, 0.15) is 12.8 Å². The highest BCUT2D eigenvalue weighted by molar-refractivity contribution is 6.70. The molecule has 0 heterocycles. The van der Waals surface area contributed by atoms with E-state index in [1.165, 1.54) is 14.2 Å². The van der Waals surface area contributed by atoms with E-state index in [2.05, 4.69) is 17.8 Å². The Balaban J connectivity index is 3.17. The van der Waals surface area contributed by atoms with Gasteiger partial charge in [0.2, 0.25) is 11.4 Å². The van der Waals surface area contributed by atoms with Gasteiger partial charge >= 0.3 is 0 Å². The van der Waals surface area contributed by atoms with Crippen LogP contribution in [-0.4, -0.2) is 33.9 Å². The molecule has 1 aliphatic rings. The van der Waals surface area contributed by atoms with Crippen molar-refractivity contribution in [3.8, 4) is 24.2 Å². The molecule has 0 saturated carbocycles. The minimum Gasteiger partial charge on any atom is -0.493 e. The minimum absolute atomic E-state index is 0.178. The van der Waals surface area contributed by atoms with E-state index in [4.69, 9.17) is 20.3 Å². The van der Waals surface area contributed by atoms with E-state index in [9.17, 15) is 4.79 Å². The summed E-state index contributed by atoms with van der Waals surface area (Å²) in [6, 6.07) is 0. The zero-order chi connectivity index (χ0) is 15.4. The van der Waals surface area contributed by atoms with Crippen molar-refractivity contribution < 1.29 is 18.7 Å². The third kappa shape index (κ3) is 3.06. The van der Waals surface area contributed by atoms with E-state index in [0.29, 0.717) is 18.6 Å². The van der Waals surface area contributed by atoms with Gasteiger partial charge in [-0.1, -0.05) is 11.8 Å². The Morgan fingerprint density at radius 3 is 2.30 bits per heavy atom. The molecule has 0 spiro atoms. The van der Waals surface area contributed by atoms with Crippen molar-refractivity contribution in [2.45, 2.75) is 38.1 Å². The number of ether oxygens (including phenoxy) is 2. The Morgan fingerprint density at radius 1 is 1.20 bits per heavy atom. The van der Waals surface area contributed by atoms with Crippen molar-refractivity contribution in [3.05, 3.63) is 11.5 Å². The summed E-state index contributed by atoms with van der Waals surface area (Å²) in [4.78, 5) is 12.3. The first kappa shape index (κ1) is 16.4. The van der Waals surface area contributed by atoms with Crippen LogP contribution in [-0.2, 0) is 18.7 Å². The molecule has 1 rings (SSSR count). The van der Waals surface area contributed by atoms with Gasteiger partial charge in [-0.3, -0.25) is 4.79 Å². The Bertz CT molecular complexity index is 525. The molecule has 1 atom stereocenters. The summed E-state index contributed by atoms with van der Waals surface area (Å²) in [6.07, 6.45) is 6.24. The number of unbranched alkanes of at least 4 members (excludes halogenated alkanes) is 1. The number of ketones is 1. The van der Waals surface area contributed by atoms with Crippen LogP contribution in [0.2, 0.25) is 19.6 Å². The van der Waals surface area contributed by atoms with E-state index in [1.54, 1.807) is 0 Å². The van der Waals surface area contributed by atoms with Crippen LogP contribution in [0.3, 0.4) is 0 Å². The number of rotatable bonds is 5. The fourth-order valence-electron chi connectivity index (χ4n) is 1.90. The van der Waals surface area contributed by atoms with E-state index >= 15 is 0 Å². The number of carbonyl (C=O) groups is 1. The van der Waals surface area contributed by atoms with Gasteiger partial charge in [-0.2, -0.15) is 0 Å². The molecule has 0 amide bonds. The standard InChI is InChI=1S/C15H20O4Si/c1-7-8-9-10-11-15(19-20(4,5)6)13(16)12(17-2)14(15)18-3/h1H,8-9H2,2-6H3. The first-order valence-electron chi connectivity index (χ1n) is 6.33. The second-order valence-corrected chi connectivity index (χ2v) is 9.73. The summed E-state index contributed by atoms with van der Waals surface area (Å²) in [5.41, 5.74) is -1.32. The maximum atomic E-state index is 12.3. The number of hydrogen-bond donors (Lipinski definition) is 0. The van der Waals surface area contributed by atoms with Crippen molar-refractivity contribution in [2.24, 2.45) is 0 Å². The van der Waals surface area contributed by atoms with Crippen molar-refractivity contribution in [2.75, 3.05) is 14.2 Å². The second-order valence-electron chi connectivity index (χ2n) is 5.30. The largest absolute Gasteiger partial charge is 0.493 e. The van der Waals surface area contributed by atoms with Crippen LogP contribution in [0.5, 0.6) is 0 Å². The molecular formula is C15H20O4Si. The lowest BCUT2D eigenvalue weighted by atomic mass is 9.83. The highest BCUT2D eigenvalue weighted by Crippen LogP contribution is 2.40. The normalized spacial score (nSPS) is 21.5. The molecule has 0 bridgehead atoms. The van der Waals surface area contributed by atoms with Gasteiger partial charge in [-0.25, -0.2) is 0 Å². The van der Waals surface area contributed by atoms with Crippen molar-refractivity contribution in [1.82, 2.24) is 0 Å². The monoisotopic (exact) mass is 292 g/mol. The molecule has 1 unspecified atom stereocenters. The maximum absolute atomic E-state index is 12.3. The molecule has 0 aliphatic heterocycles. The van der Waals surface area contributed by atoms with Gasteiger partial charge in [0.05, 0.1) is 14.2 Å². The van der Waals surface area contributed by atoms with Crippen LogP contribution in [0.15, 0.2) is 11.5 Å². The van der Waals surface area contributed by atoms with Crippen molar-refractivity contribution in [1.29, 1.82) is 0 Å². The summed E-state index contributed by atoms with van der Waals surface area (Å²) in [5, 5.41) is 0. The fourth-order valence-corrected chi connectivity index (χ4v) is 3.05. The van der Waals surface area contributed by atoms with Crippen molar-refractivity contribution in [3.63, 3.8) is 0 Å². The predicted octanol–water partition coefficient (Wildman–Crippen LogP) is 2.08. The van der Waals surface area contributed by atoms with Crippen LogP contribution in [0, 0.1) is 24.2 Å². The number of carbonyl (C=O) groups excluding carboxylic acids is 1. The zero-order valence-corrected chi connectivity index (χ0v) is 13.6. The lowest BCUT2D eigenvalue weighted by Gasteiger charge is -2.40. The summed E-state index contributed by atoms with van der Waals surface area (Å²) < 4.78 is 16.3. The molecule has 108 valence electrons. The highest BCUT2D eigenvalue weighted by Gasteiger charge is 2.59. The van der Waals surface area contributed by atoms with Gasteiger partial charge in [0, 0.05) is 12.8 Å². The van der Waals surface area contributed by atoms with Crippen LogP contribution in [0.25, 0.3) is 0 Å². The molecule has 1 aliphatic carbocycles. The van der Waals surface area contributed by atoms with Crippen molar-refractivity contribution >= 4 is 14.1 Å². The van der Waals surface area contributed by atoms with Gasteiger partial charge in [0.25, 0.3) is 5.78 Å². The second kappa shape index (κ2) is 6.17. The summed E-state index contributed by atoms with van der Waals surface area (Å²) >= 11 is 0. The first-order chi connectivity index (χ1) is 9.32. The molecule has 0 fully saturated rings. The zero-order valence-electron chi connectivity index (χ0n) is 12.6. The number of hydrogen-bond acceptors (Lipinski definition) is 4. The molecule has 0 radical (unpaired) electrons. The topological polar surface area (TPSA) is 44.8 Å². The van der Waals surface area contributed by atoms with Crippen LogP contribution >= 0.6 is 0 Å².